The molecule has 0 radical (unpaired) electrons. The van der Waals surface area contributed by atoms with Crippen molar-refractivity contribution in [3.63, 3.8) is 0 Å². The Morgan fingerprint density at radius 1 is 1.13 bits per heavy atom. The molecule has 0 fully saturated rings. The standard InChI is InChI=1S/C23H22ClFN4O/c1-15(2)12-29-9-8-20-22(29)23(27-14-26-20)28-18-6-7-21(19(24)11-18)30-13-16-4-3-5-17(25)10-16/h3-11,14-15H,12-13H2,1-2H3,(H,26,27,28). The van der Waals surface area contributed by atoms with Crippen molar-refractivity contribution in [1.82, 2.24) is 14.5 Å². The van der Waals surface area contributed by atoms with E-state index in [1.165, 1.54) is 12.1 Å². The van der Waals surface area contributed by atoms with E-state index in [0.29, 0.717) is 16.7 Å². The van der Waals surface area contributed by atoms with Gasteiger partial charge in [-0.25, -0.2) is 14.4 Å². The Bertz CT molecular complexity index is 1180. The molecule has 0 aliphatic carbocycles. The largest absolute Gasteiger partial charge is 0.487 e. The van der Waals surface area contributed by atoms with Crippen LogP contribution >= 0.6 is 11.6 Å². The summed E-state index contributed by atoms with van der Waals surface area (Å²) in [5.74, 6) is 1.45. The van der Waals surface area contributed by atoms with Gasteiger partial charge in [0.1, 0.15) is 30.0 Å². The Morgan fingerprint density at radius 3 is 2.77 bits per heavy atom. The molecule has 0 amide bonds. The zero-order valence-electron chi connectivity index (χ0n) is 16.8. The maximum Gasteiger partial charge on any atom is 0.158 e. The summed E-state index contributed by atoms with van der Waals surface area (Å²) in [7, 11) is 0. The topological polar surface area (TPSA) is 52.0 Å². The third-order valence-electron chi connectivity index (χ3n) is 4.59. The molecule has 0 saturated heterocycles. The monoisotopic (exact) mass is 424 g/mol. The summed E-state index contributed by atoms with van der Waals surface area (Å²) in [4.78, 5) is 8.78. The van der Waals surface area contributed by atoms with Crippen LogP contribution in [0.4, 0.5) is 15.9 Å². The second-order valence-electron chi connectivity index (χ2n) is 7.51. The van der Waals surface area contributed by atoms with Crippen LogP contribution < -0.4 is 10.1 Å². The maximum atomic E-state index is 13.3. The second kappa shape index (κ2) is 8.71. The molecule has 2 aromatic heterocycles. The quantitative estimate of drug-likeness (QED) is 0.383. The molecule has 5 nitrogen and oxygen atoms in total. The highest BCUT2D eigenvalue weighted by atomic mass is 35.5. The number of hydrogen-bond acceptors (Lipinski definition) is 4. The average molecular weight is 425 g/mol. The van der Waals surface area contributed by atoms with Crippen LogP contribution in [0.1, 0.15) is 19.4 Å². The van der Waals surface area contributed by atoms with E-state index in [9.17, 15) is 4.39 Å². The molecule has 1 N–H and O–H groups in total. The van der Waals surface area contributed by atoms with Crippen molar-refractivity contribution in [3.05, 3.63) is 77.5 Å². The molecule has 0 saturated carbocycles. The third-order valence-corrected chi connectivity index (χ3v) is 4.89. The molecule has 4 aromatic rings. The number of rotatable bonds is 7. The Labute approximate surface area is 179 Å². The molecule has 0 aliphatic heterocycles. The Balaban J connectivity index is 1.53. The Morgan fingerprint density at radius 2 is 2.00 bits per heavy atom. The second-order valence-corrected chi connectivity index (χ2v) is 7.91. The molecule has 0 unspecified atom stereocenters. The number of benzene rings is 2. The minimum absolute atomic E-state index is 0.236. The van der Waals surface area contributed by atoms with Gasteiger partial charge in [-0.3, -0.25) is 0 Å². The van der Waals surface area contributed by atoms with E-state index in [-0.39, 0.29) is 12.4 Å². The van der Waals surface area contributed by atoms with Crippen LogP contribution in [0.2, 0.25) is 5.02 Å². The number of nitrogens with one attached hydrogen (secondary N) is 1. The Kier molecular flexibility index (Phi) is 5.86. The van der Waals surface area contributed by atoms with Gasteiger partial charge >= 0.3 is 0 Å². The van der Waals surface area contributed by atoms with Crippen molar-refractivity contribution in [1.29, 1.82) is 0 Å². The first kappa shape index (κ1) is 20.2. The lowest BCUT2D eigenvalue weighted by molar-refractivity contribution is 0.306. The smallest absolute Gasteiger partial charge is 0.158 e. The van der Waals surface area contributed by atoms with E-state index < -0.39 is 0 Å². The number of fused-ring (bicyclic) bond motifs is 1. The van der Waals surface area contributed by atoms with Crippen molar-refractivity contribution in [3.8, 4) is 5.75 Å². The summed E-state index contributed by atoms with van der Waals surface area (Å²) >= 11 is 6.41. The highest BCUT2D eigenvalue weighted by Gasteiger charge is 2.12. The number of ether oxygens (including phenoxy) is 1. The summed E-state index contributed by atoms with van der Waals surface area (Å²) < 4.78 is 21.2. The van der Waals surface area contributed by atoms with Gasteiger partial charge in [0.2, 0.25) is 0 Å². The van der Waals surface area contributed by atoms with Crippen LogP contribution in [0, 0.1) is 11.7 Å². The lowest BCUT2D eigenvalue weighted by atomic mass is 10.2. The van der Waals surface area contributed by atoms with Crippen LogP contribution in [0.5, 0.6) is 5.75 Å². The molecule has 0 atom stereocenters. The van der Waals surface area contributed by atoms with Gasteiger partial charge in [0.05, 0.1) is 10.5 Å². The van der Waals surface area contributed by atoms with Crippen LogP contribution in [0.15, 0.2) is 61.1 Å². The van der Waals surface area contributed by atoms with Crippen LogP contribution in [-0.2, 0) is 13.2 Å². The number of aromatic nitrogens is 3. The molecular weight excluding hydrogens is 403 g/mol. The fourth-order valence-electron chi connectivity index (χ4n) is 3.29. The first-order chi connectivity index (χ1) is 14.5. The van der Waals surface area contributed by atoms with Crippen molar-refractivity contribution in [2.24, 2.45) is 5.92 Å². The summed E-state index contributed by atoms with van der Waals surface area (Å²) in [5.41, 5.74) is 3.36. The fraction of sp³-hybridized carbons (Fsp3) is 0.217. The summed E-state index contributed by atoms with van der Waals surface area (Å²) in [6, 6.07) is 13.7. The summed E-state index contributed by atoms with van der Waals surface area (Å²) in [6.07, 6.45) is 3.57. The van der Waals surface area contributed by atoms with Gasteiger partial charge in [0, 0.05) is 18.4 Å². The first-order valence-electron chi connectivity index (χ1n) is 9.73. The van der Waals surface area contributed by atoms with E-state index in [2.05, 4.69) is 33.7 Å². The maximum absolute atomic E-state index is 13.3. The number of anilines is 2. The molecule has 0 spiro atoms. The van der Waals surface area contributed by atoms with E-state index in [0.717, 1.165) is 34.6 Å². The van der Waals surface area contributed by atoms with E-state index in [4.69, 9.17) is 16.3 Å². The number of nitrogens with zero attached hydrogens (tertiary/aromatic N) is 3. The molecule has 154 valence electrons. The van der Waals surface area contributed by atoms with Crippen molar-refractivity contribution >= 4 is 34.1 Å². The van der Waals surface area contributed by atoms with Gasteiger partial charge in [0.15, 0.2) is 5.82 Å². The molecule has 7 heteroatoms. The predicted molar refractivity (Wildman–Crippen MR) is 118 cm³/mol. The highest BCUT2D eigenvalue weighted by molar-refractivity contribution is 6.32. The van der Waals surface area contributed by atoms with Gasteiger partial charge in [-0.1, -0.05) is 37.6 Å². The predicted octanol–water partition coefficient (Wildman–Crippen LogP) is 6.20. The van der Waals surface area contributed by atoms with Crippen LogP contribution in [-0.4, -0.2) is 14.5 Å². The highest BCUT2D eigenvalue weighted by Crippen LogP contribution is 2.31. The van der Waals surface area contributed by atoms with E-state index >= 15 is 0 Å². The number of hydrogen-bond donors (Lipinski definition) is 1. The lowest BCUT2D eigenvalue weighted by Crippen LogP contribution is -2.05. The molecule has 30 heavy (non-hydrogen) atoms. The lowest BCUT2D eigenvalue weighted by Gasteiger charge is -2.13. The van der Waals surface area contributed by atoms with E-state index in [1.54, 1.807) is 30.6 Å². The van der Waals surface area contributed by atoms with Gasteiger partial charge in [-0.05, 0) is 47.9 Å². The minimum atomic E-state index is -0.292. The molecule has 4 rings (SSSR count). The molecule has 2 heterocycles. The normalized spacial score (nSPS) is 11.2. The van der Waals surface area contributed by atoms with Crippen molar-refractivity contribution < 1.29 is 9.13 Å². The van der Waals surface area contributed by atoms with Crippen LogP contribution in [0.3, 0.4) is 0 Å². The zero-order valence-corrected chi connectivity index (χ0v) is 17.5. The Hall–Kier alpha value is -3.12. The zero-order chi connectivity index (χ0) is 21.1. The fourth-order valence-corrected chi connectivity index (χ4v) is 3.52. The van der Waals surface area contributed by atoms with Gasteiger partial charge in [-0.15, -0.1) is 0 Å². The average Bonchev–Trinajstić information content (AvgIpc) is 3.11. The molecule has 0 bridgehead atoms. The van der Waals surface area contributed by atoms with Crippen molar-refractivity contribution in [2.45, 2.75) is 27.0 Å². The molecule has 2 aromatic carbocycles. The number of halogens is 2. The van der Waals surface area contributed by atoms with Crippen molar-refractivity contribution in [2.75, 3.05) is 5.32 Å². The minimum Gasteiger partial charge on any atom is -0.487 e. The van der Waals surface area contributed by atoms with Gasteiger partial charge in [-0.2, -0.15) is 0 Å². The third kappa shape index (κ3) is 4.54. The van der Waals surface area contributed by atoms with Gasteiger partial charge in [0.25, 0.3) is 0 Å². The molecular formula is C23H22ClFN4O. The SMILES string of the molecule is CC(C)Cn1ccc2ncnc(Nc3ccc(OCc4cccc(F)c4)c(Cl)c3)c21. The first-order valence-corrected chi connectivity index (χ1v) is 10.1. The summed E-state index contributed by atoms with van der Waals surface area (Å²) in [5, 5.41) is 3.79. The molecule has 0 aliphatic rings. The van der Waals surface area contributed by atoms with E-state index in [1.807, 2.05) is 18.3 Å². The summed E-state index contributed by atoms with van der Waals surface area (Å²) in [6.45, 7) is 5.45. The van der Waals surface area contributed by atoms with Crippen LogP contribution in [0.25, 0.3) is 11.0 Å². The van der Waals surface area contributed by atoms with Gasteiger partial charge < -0.3 is 14.6 Å².